The van der Waals surface area contributed by atoms with Crippen LogP contribution in [-0.4, -0.2) is 29.9 Å². The fourth-order valence-corrected chi connectivity index (χ4v) is 3.76. The van der Waals surface area contributed by atoms with E-state index >= 15 is 0 Å². The number of nitrogens with one attached hydrogen (secondary N) is 1. The summed E-state index contributed by atoms with van der Waals surface area (Å²) in [5.41, 5.74) is 2.03. The fraction of sp³-hybridized carbons (Fsp3) is 0.200. The van der Waals surface area contributed by atoms with Gasteiger partial charge < -0.3 is 10.2 Å². The van der Waals surface area contributed by atoms with Gasteiger partial charge in [0, 0.05) is 30.0 Å². The molecule has 4 rings (SSSR count). The number of amides is 3. The maximum absolute atomic E-state index is 14.0. The zero-order valence-corrected chi connectivity index (χ0v) is 17.7. The highest BCUT2D eigenvalue weighted by molar-refractivity contribution is 5.94. The summed E-state index contributed by atoms with van der Waals surface area (Å²) >= 11 is 0. The SMILES string of the molecule is O=C(Cc1ccc(F)cc1)Nc1ccc(N2CCCN(Cc3cc(F)ccc3F)C2=O)cc1. The second-order valence-electron chi connectivity index (χ2n) is 7.84. The van der Waals surface area contributed by atoms with Crippen molar-refractivity contribution in [3.05, 3.63) is 95.3 Å². The van der Waals surface area contributed by atoms with Crippen molar-refractivity contribution in [3.8, 4) is 0 Å². The number of urea groups is 1. The Bertz CT molecular complexity index is 1150. The van der Waals surface area contributed by atoms with E-state index in [1.807, 2.05) is 0 Å². The zero-order valence-electron chi connectivity index (χ0n) is 17.7. The van der Waals surface area contributed by atoms with Crippen molar-refractivity contribution < 1.29 is 22.8 Å². The molecule has 0 atom stereocenters. The summed E-state index contributed by atoms with van der Waals surface area (Å²) in [5, 5.41) is 2.78. The summed E-state index contributed by atoms with van der Waals surface area (Å²) in [7, 11) is 0. The van der Waals surface area contributed by atoms with Gasteiger partial charge in [-0.3, -0.25) is 9.69 Å². The molecule has 1 N–H and O–H groups in total. The van der Waals surface area contributed by atoms with Gasteiger partial charge in [0.1, 0.15) is 17.5 Å². The van der Waals surface area contributed by atoms with Crippen molar-refractivity contribution in [2.75, 3.05) is 23.3 Å². The predicted octanol–water partition coefficient (Wildman–Crippen LogP) is 5.12. The highest BCUT2D eigenvalue weighted by atomic mass is 19.1. The van der Waals surface area contributed by atoms with Gasteiger partial charge >= 0.3 is 6.03 Å². The third-order valence-corrected chi connectivity index (χ3v) is 5.42. The molecule has 1 aliphatic rings. The van der Waals surface area contributed by atoms with E-state index in [9.17, 15) is 22.8 Å². The summed E-state index contributed by atoms with van der Waals surface area (Å²) in [6, 6.07) is 15.5. The molecule has 5 nitrogen and oxygen atoms in total. The van der Waals surface area contributed by atoms with Gasteiger partial charge in [0.05, 0.1) is 13.0 Å². The molecule has 1 saturated heterocycles. The molecular weight excluding hydrogens is 431 g/mol. The average Bonchev–Trinajstić information content (AvgIpc) is 2.80. The van der Waals surface area contributed by atoms with Gasteiger partial charge in [0.15, 0.2) is 0 Å². The van der Waals surface area contributed by atoms with E-state index in [1.54, 1.807) is 41.3 Å². The molecule has 0 unspecified atom stereocenters. The van der Waals surface area contributed by atoms with Crippen LogP contribution in [0.4, 0.5) is 29.3 Å². The van der Waals surface area contributed by atoms with Crippen LogP contribution >= 0.6 is 0 Å². The van der Waals surface area contributed by atoms with Crippen molar-refractivity contribution in [1.29, 1.82) is 0 Å². The van der Waals surface area contributed by atoms with E-state index in [0.717, 1.165) is 18.2 Å². The lowest BCUT2D eigenvalue weighted by Crippen LogP contribution is -2.49. The van der Waals surface area contributed by atoms with Crippen molar-refractivity contribution in [2.45, 2.75) is 19.4 Å². The molecule has 0 spiro atoms. The minimum Gasteiger partial charge on any atom is -0.326 e. The van der Waals surface area contributed by atoms with Crippen LogP contribution < -0.4 is 10.2 Å². The quantitative estimate of drug-likeness (QED) is 0.564. The summed E-state index contributed by atoms with van der Waals surface area (Å²) in [6.07, 6.45) is 0.789. The Morgan fingerprint density at radius 1 is 0.879 bits per heavy atom. The Hall–Kier alpha value is -3.81. The maximum Gasteiger partial charge on any atom is 0.324 e. The number of carbonyl (C=O) groups excluding carboxylic acids is 2. The number of hydrogen-bond acceptors (Lipinski definition) is 2. The Morgan fingerprint density at radius 3 is 2.30 bits per heavy atom. The molecule has 0 radical (unpaired) electrons. The van der Waals surface area contributed by atoms with Gasteiger partial charge in [-0.2, -0.15) is 0 Å². The first-order valence-electron chi connectivity index (χ1n) is 10.5. The number of benzene rings is 3. The summed E-state index contributed by atoms with van der Waals surface area (Å²) < 4.78 is 40.5. The Kier molecular flexibility index (Phi) is 6.63. The lowest BCUT2D eigenvalue weighted by molar-refractivity contribution is -0.115. The summed E-state index contributed by atoms with van der Waals surface area (Å²) in [4.78, 5) is 28.3. The van der Waals surface area contributed by atoms with Crippen molar-refractivity contribution in [3.63, 3.8) is 0 Å². The van der Waals surface area contributed by atoms with Crippen molar-refractivity contribution in [2.24, 2.45) is 0 Å². The number of anilines is 2. The molecule has 0 bridgehead atoms. The molecule has 3 amide bonds. The maximum atomic E-state index is 14.0. The smallest absolute Gasteiger partial charge is 0.324 e. The van der Waals surface area contributed by atoms with Crippen LogP contribution in [0.2, 0.25) is 0 Å². The molecule has 1 fully saturated rings. The van der Waals surface area contributed by atoms with E-state index in [4.69, 9.17) is 0 Å². The minimum atomic E-state index is -0.554. The van der Waals surface area contributed by atoms with Gasteiger partial charge in [-0.05, 0) is 66.6 Å². The third-order valence-electron chi connectivity index (χ3n) is 5.42. The van der Waals surface area contributed by atoms with Gasteiger partial charge in [0.25, 0.3) is 0 Å². The summed E-state index contributed by atoms with van der Waals surface area (Å²) in [6.45, 7) is 0.927. The van der Waals surface area contributed by atoms with Crippen LogP contribution in [0.5, 0.6) is 0 Å². The number of hydrogen-bond donors (Lipinski definition) is 1. The van der Waals surface area contributed by atoms with Gasteiger partial charge in [-0.1, -0.05) is 12.1 Å². The Balaban J connectivity index is 1.39. The second kappa shape index (κ2) is 9.77. The van der Waals surface area contributed by atoms with Crippen LogP contribution in [0.3, 0.4) is 0 Å². The molecule has 0 aliphatic carbocycles. The number of halogens is 3. The average molecular weight is 453 g/mol. The number of carbonyl (C=O) groups is 2. The normalized spacial score (nSPS) is 13.8. The van der Waals surface area contributed by atoms with E-state index in [-0.39, 0.29) is 36.3 Å². The number of nitrogens with zero attached hydrogens (tertiary/aromatic N) is 2. The van der Waals surface area contributed by atoms with E-state index < -0.39 is 11.6 Å². The van der Waals surface area contributed by atoms with Gasteiger partial charge in [0.2, 0.25) is 5.91 Å². The third kappa shape index (κ3) is 5.52. The molecule has 33 heavy (non-hydrogen) atoms. The standard InChI is InChI=1S/C25H22F3N3O2/c26-19-4-2-17(3-5-19)14-24(32)29-21-7-9-22(10-8-21)31-13-1-12-30(25(31)33)16-18-15-20(27)6-11-23(18)28/h2-11,15H,1,12-14,16H2,(H,29,32). The molecular formula is C25H22F3N3O2. The highest BCUT2D eigenvalue weighted by Crippen LogP contribution is 2.24. The van der Waals surface area contributed by atoms with Crippen molar-refractivity contribution in [1.82, 2.24) is 4.90 Å². The van der Waals surface area contributed by atoms with Crippen LogP contribution in [-0.2, 0) is 17.8 Å². The molecule has 8 heteroatoms. The predicted molar refractivity (Wildman–Crippen MR) is 119 cm³/mol. The summed E-state index contributed by atoms with van der Waals surface area (Å²) in [5.74, 6) is -1.71. The topological polar surface area (TPSA) is 52.7 Å². The zero-order chi connectivity index (χ0) is 23.4. The molecule has 0 saturated carbocycles. The van der Waals surface area contributed by atoms with E-state index in [2.05, 4.69) is 5.32 Å². The van der Waals surface area contributed by atoms with Crippen LogP contribution in [0.25, 0.3) is 0 Å². The van der Waals surface area contributed by atoms with Crippen LogP contribution in [0.15, 0.2) is 66.7 Å². The first-order chi connectivity index (χ1) is 15.9. The second-order valence-corrected chi connectivity index (χ2v) is 7.84. The van der Waals surface area contributed by atoms with Crippen LogP contribution in [0.1, 0.15) is 17.5 Å². The Morgan fingerprint density at radius 2 is 1.58 bits per heavy atom. The first-order valence-corrected chi connectivity index (χ1v) is 10.5. The molecule has 3 aromatic carbocycles. The molecule has 3 aromatic rings. The molecule has 1 aliphatic heterocycles. The van der Waals surface area contributed by atoms with Crippen molar-refractivity contribution >= 4 is 23.3 Å². The Labute approximate surface area is 189 Å². The van der Waals surface area contributed by atoms with E-state index in [1.165, 1.54) is 17.0 Å². The molecule has 0 aromatic heterocycles. The first kappa shape index (κ1) is 22.4. The fourth-order valence-electron chi connectivity index (χ4n) is 3.76. The monoisotopic (exact) mass is 453 g/mol. The molecule has 1 heterocycles. The van der Waals surface area contributed by atoms with Crippen LogP contribution in [0, 0.1) is 17.5 Å². The van der Waals surface area contributed by atoms with Gasteiger partial charge in [-0.15, -0.1) is 0 Å². The lowest BCUT2D eigenvalue weighted by Gasteiger charge is -2.35. The highest BCUT2D eigenvalue weighted by Gasteiger charge is 2.27. The largest absolute Gasteiger partial charge is 0.326 e. The lowest BCUT2D eigenvalue weighted by atomic mass is 10.1. The van der Waals surface area contributed by atoms with Gasteiger partial charge in [-0.25, -0.2) is 18.0 Å². The number of rotatable bonds is 6. The molecule has 170 valence electrons. The minimum absolute atomic E-state index is 0.0174. The van der Waals surface area contributed by atoms with E-state index in [0.29, 0.717) is 36.4 Å².